The summed E-state index contributed by atoms with van der Waals surface area (Å²) < 4.78 is 0.724. The lowest BCUT2D eigenvalue weighted by molar-refractivity contribution is 0.198. The van der Waals surface area contributed by atoms with Crippen molar-refractivity contribution in [3.63, 3.8) is 0 Å². The van der Waals surface area contributed by atoms with Crippen LogP contribution in [0.25, 0.3) is 0 Å². The van der Waals surface area contributed by atoms with Crippen molar-refractivity contribution in [2.75, 3.05) is 23.4 Å². The van der Waals surface area contributed by atoms with Gasteiger partial charge in [-0.1, -0.05) is 0 Å². The topological polar surface area (TPSA) is 87.3 Å². The molecule has 0 radical (unpaired) electrons. The van der Waals surface area contributed by atoms with Gasteiger partial charge in [0.2, 0.25) is 0 Å². The van der Waals surface area contributed by atoms with Crippen molar-refractivity contribution in [3.8, 4) is 0 Å². The van der Waals surface area contributed by atoms with Gasteiger partial charge in [0.15, 0.2) is 5.82 Å². The smallest absolute Gasteiger partial charge is 0.159 e. The summed E-state index contributed by atoms with van der Waals surface area (Å²) in [7, 11) is 0. The fourth-order valence-electron chi connectivity index (χ4n) is 1.62. The van der Waals surface area contributed by atoms with Gasteiger partial charge in [-0.2, -0.15) is 0 Å². The van der Waals surface area contributed by atoms with E-state index in [1.54, 1.807) is 0 Å². The minimum atomic E-state index is -0.277. The molecule has 0 saturated carbocycles. The maximum absolute atomic E-state index is 9.44. The molecule has 0 amide bonds. The number of aromatic nitrogens is 2. The van der Waals surface area contributed by atoms with Crippen LogP contribution in [0.3, 0.4) is 0 Å². The minimum Gasteiger partial charge on any atom is -0.391 e. The summed E-state index contributed by atoms with van der Waals surface area (Å²) in [5.74, 6) is 6.61. The molecule has 1 aliphatic heterocycles. The molecule has 7 heteroatoms. The predicted octanol–water partition coefficient (Wildman–Crippen LogP) is 0.0957. The second-order valence-corrected chi connectivity index (χ2v) is 4.19. The van der Waals surface area contributed by atoms with Crippen LogP contribution in [0.15, 0.2) is 10.8 Å². The highest BCUT2D eigenvalue weighted by Gasteiger charge is 2.24. The lowest BCUT2D eigenvalue weighted by Gasteiger charge is -2.18. The molecule has 2 rings (SSSR count). The molecular weight excluding hydrogens is 262 g/mol. The highest BCUT2D eigenvalue weighted by atomic mass is 79.9. The van der Waals surface area contributed by atoms with E-state index in [1.807, 2.05) is 4.90 Å². The van der Waals surface area contributed by atoms with Crippen molar-refractivity contribution < 1.29 is 5.11 Å². The van der Waals surface area contributed by atoms with Gasteiger partial charge in [0.1, 0.15) is 16.6 Å². The van der Waals surface area contributed by atoms with Crippen LogP contribution < -0.4 is 16.2 Å². The number of hydrazine groups is 1. The zero-order valence-electron chi connectivity index (χ0n) is 8.02. The monoisotopic (exact) mass is 273 g/mol. The normalized spacial score (nSPS) is 20.7. The van der Waals surface area contributed by atoms with E-state index in [2.05, 4.69) is 31.3 Å². The van der Waals surface area contributed by atoms with Crippen LogP contribution in [0, 0.1) is 0 Å². The van der Waals surface area contributed by atoms with Gasteiger partial charge in [0, 0.05) is 13.1 Å². The summed E-state index contributed by atoms with van der Waals surface area (Å²) in [4.78, 5) is 10.1. The van der Waals surface area contributed by atoms with E-state index in [0.29, 0.717) is 12.4 Å². The molecule has 1 unspecified atom stereocenters. The van der Waals surface area contributed by atoms with Crippen LogP contribution in [0.5, 0.6) is 0 Å². The number of hydrogen-bond donors (Lipinski definition) is 3. The number of hydrogen-bond acceptors (Lipinski definition) is 6. The van der Waals surface area contributed by atoms with Gasteiger partial charge in [-0.25, -0.2) is 15.8 Å². The number of nitrogens with two attached hydrogens (primary N) is 1. The summed E-state index contributed by atoms with van der Waals surface area (Å²) in [5.41, 5.74) is 2.48. The third kappa shape index (κ3) is 2.04. The molecule has 2 heterocycles. The van der Waals surface area contributed by atoms with Crippen LogP contribution in [-0.2, 0) is 0 Å². The van der Waals surface area contributed by atoms with Crippen molar-refractivity contribution in [2.24, 2.45) is 5.84 Å². The Labute approximate surface area is 95.6 Å². The van der Waals surface area contributed by atoms with Gasteiger partial charge in [-0.05, 0) is 22.4 Å². The molecule has 1 aromatic heterocycles. The van der Waals surface area contributed by atoms with E-state index >= 15 is 0 Å². The van der Waals surface area contributed by atoms with E-state index in [1.165, 1.54) is 6.33 Å². The van der Waals surface area contributed by atoms with E-state index in [0.717, 1.165) is 23.3 Å². The summed E-state index contributed by atoms with van der Waals surface area (Å²) in [6.07, 6.45) is 1.93. The first-order valence-electron chi connectivity index (χ1n) is 4.62. The summed E-state index contributed by atoms with van der Waals surface area (Å²) >= 11 is 3.38. The predicted molar refractivity (Wildman–Crippen MR) is 60.4 cm³/mol. The molecule has 15 heavy (non-hydrogen) atoms. The Kier molecular flexibility index (Phi) is 3.03. The standard InChI is InChI=1S/C8H12BrN5O/c9-6-7(13-10)11-4-12-8(6)14-2-1-5(15)3-14/h4-5,15H,1-3,10H2,(H,11,12,13). The van der Waals surface area contributed by atoms with Crippen molar-refractivity contribution in [2.45, 2.75) is 12.5 Å². The fraction of sp³-hybridized carbons (Fsp3) is 0.500. The largest absolute Gasteiger partial charge is 0.391 e. The number of nitrogen functional groups attached to an aromatic ring is 1. The SMILES string of the molecule is NNc1ncnc(N2CCC(O)C2)c1Br. The van der Waals surface area contributed by atoms with Gasteiger partial charge in [-0.3, -0.25) is 0 Å². The molecule has 0 aliphatic carbocycles. The molecule has 1 aliphatic rings. The van der Waals surface area contributed by atoms with Gasteiger partial charge in [0.25, 0.3) is 0 Å². The molecule has 0 bridgehead atoms. The highest BCUT2D eigenvalue weighted by molar-refractivity contribution is 9.10. The third-order valence-electron chi connectivity index (χ3n) is 2.37. The first-order chi connectivity index (χ1) is 7.22. The quantitative estimate of drug-likeness (QED) is 0.523. The van der Waals surface area contributed by atoms with E-state index in [-0.39, 0.29) is 6.10 Å². The van der Waals surface area contributed by atoms with Crippen molar-refractivity contribution in [1.29, 1.82) is 0 Å². The van der Waals surface area contributed by atoms with Crippen LogP contribution in [0.2, 0.25) is 0 Å². The number of rotatable bonds is 2. The number of aliphatic hydroxyl groups excluding tert-OH is 1. The van der Waals surface area contributed by atoms with Crippen LogP contribution in [0.4, 0.5) is 11.6 Å². The molecule has 6 nitrogen and oxygen atoms in total. The van der Waals surface area contributed by atoms with Crippen molar-refractivity contribution >= 4 is 27.6 Å². The molecule has 0 spiro atoms. The average molecular weight is 274 g/mol. The Morgan fingerprint density at radius 3 is 3.00 bits per heavy atom. The maximum atomic E-state index is 9.44. The van der Waals surface area contributed by atoms with Crippen molar-refractivity contribution in [3.05, 3.63) is 10.8 Å². The Balaban J connectivity index is 2.28. The number of β-amino-alcohol motifs (C(OH)–C–C–N with tert-alkyl or cyclic N) is 1. The van der Waals surface area contributed by atoms with Gasteiger partial charge in [-0.15, -0.1) is 0 Å². The second-order valence-electron chi connectivity index (χ2n) is 3.39. The van der Waals surface area contributed by atoms with Gasteiger partial charge in [0.05, 0.1) is 6.10 Å². The van der Waals surface area contributed by atoms with Crippen LogP contribution in [-0.4, -0.2) is 34.3 Å². The molecule has 1 saturated heterocycles. The molecule has 4 N–H and O–H groups in total. The first-order valence-corrected chi connectivity index (χ1v) is 5.42. The molecule has 1 fully saturated rings. The summed E-state index contributed by atoms with van der Waals surface area (Å²) in [5, 5.41) is 9.44. The average Bonchev–Trinajstić information content (AvgIpc) is 2.65. The molecule has 1 aromatic rings. The number of anilines is 2. The van der Waals surface area contributed by atoms with E-state index < -0.39 is 0 Å². The molecular formula is C8H12BrN5O. The maximum Gasteiger partial charge on any atom is 0.159 e. The Morgan fingerprint density at radius 1 is 1.60 bits per heavy atom. The number of aliphatic hydroxyl groups is 1. The fourth-order valence-corrected chi connectivity index (χ4v) is 2.19. The first kappa shape index (κ1) is 10.6. The molecule has 1 atom stereocenters. The van der Waals surface area contributed by atoms with Crippen molar-refractivity contribution in [1.82, 2.24) is 9.97 Å². The lowest BCUT2D eigenvalue weighted by atomic mass is 10.3. The molecule has 0 aromatic carbocycles. The second kappa shape index (κ2) is 4.30. The highest BCUT2D eigenvalue weighted by Crippen LogP contribution is 2.30. The van der Waals surface area contributed by atoms with E-state index in [9.17, 15) is 5.11 Å². The summed E-state index contributed by atoms with van der Waals surface area (Å²) in [6.45, 7) is 1.39. The summed E-state index contributed by atoms with van der Waals surface area (Å²) in [6, 6.07) is 0. The Bertz CT molecular complexity index is 361. The molecule has 82 valence electrons. The number of nitrogens with one attached hydrogen (secondary N) is 1. The zero-order valence-corrected chi connectivity index (χ0v) is 9.61. The Morgan fingerprint density at radius 2 is 2.40 bits per heavy atom. The Hall–Kier alpha value is -0.920. The number of halogens is 1. The van der Waals surface area contributed by atoms with Crippen LogP contribution in [0.1, 0.15) is 6.42 Å². The van der Waals surface area contributed by atoms with Gasteiger partial charge >= 0.3 is 0 Å². The van der Waals surface area contributed by atoms with Crippen LogP contribution >= 0.6 is 15.9 Å². The van der Waals surface area contributed by atoms with Gasteiger partial charge < -0.3 is 15.4 Å². The van der Waals surface area contributed by atoms with E-state index in [4.69, 9.17) is 5.84 Å². The number of nitrogens with zero attached hydrogens (tertiary/aromatic N) is 3. The minimum absolute atomic E-state index is 0.277. The zero-order chi connectivity index (χ0) is 10.8. The lowest BCUT2D eigenvalue weighted by Crippen LogP contribution is -2.23. The third-order valence-corrected chi connectivity index (χ3v) is 3.10.